The van der Waals surface area contributed by atoms with E-state index in [0.29, 0.717) is 28.0 Å². The van der Waals surface area contributed by atoms with Gasteiger partial charge < -0.3 is 10.1 Å². The Balaban J connectivity index is 1.47. The molecule has 0 aliphatic heterocycles. The molecule has 0 atom stereocenters. The van der Waals surface area contributed by atoms with E-state index >= 15 is 0 Å². The van der Waals surface area contributed by atoms with Gasteiger partial charge in [-0.2, -0.15) is 0 Å². The number of aromatic nitrogens is 2. The summed E-state index contributed by atoms with van der Waals surface area (Å²) in [6.45, 7) is 1.99. The van der Waals surface area contributed by atoms with Crippen molar-refractivity contribution in [2.75, 3.05) is 5.32 Å². The Morgan fingerprint density at radius 3 is 2.39 bits per heavy atom. The van der Waals surface area contributed by atoms with Crippen LogP contribution < -0.4 is 14.8 Å². The number of hydrogen-bond acceptors (Lipinski definition) is 6. The molecule has 0 spiro atoms. The van der Waals surface area contributed by atoms with Crippen LogP contribution in [0, 0.1) is 6.92 Å². The Hall–Kier alpha value is -3.79. The number of carbonyl (C=O) groups is 1. The zero-order chi connectivity index (χ0) is 23.4. The number of nitrogens with zero attached hydrogens (tertiary/aromatic N) is 2. The summed E-state index contributed by atoms with van der Waals surface area (Å²) < 4.78 is 43.6. The van der Waals surface area contributed by atoms with Gasteiger partial charge in [0.15, 0.2) is 0 Å². The fraction of sp³-hybridized carbons (Fsp3) is 0.0870. The summed E-state index contributed by atoms with van der Waals surface area (Å²) >= 11 is 1.22. The van der Waals surface area contributed by atoms with Crippen LogP contribution in [0.15, 0.2) is 78.0 Å². The van der Waals surface area contributed by atoms with Crippen molar-refractivity contribution in [2.45, 2.75) is 18.2 Å². The Kier molecular flexibility index (Phi) is 6.36. The van der Waals surface area contributed by atoms with Crippen molar-refractivity contribution in [3.8, 4) is 5.75 Å². The first-order chi connectivity index (χ1) is 15.8. The lowest BCUT2D eigenvalue weighted by Crippen LogP contribution is -2.17. The molecule has 6 nitrogen and oxygen atoms in total. The average molecular weight is 470 g/mol. The van der Waals surface area contributed by atoms with Crippen LogP contribution >= 0.6 is 11.9 Å². The number of aryl methyl sites for hydroxylation is 1. The second-order valence-electron chi connectivity index (χ2n) is 7.00. The Morgan fingerprint density at radius 2 is 1.70 bits per heavy atom. The highest BCUT2D eigenvalue weighted by molar-refractivity contribution is 7.98. The number of hydrogen-bond donors (Lipinski definition) is 2. The van der Waals surface area contributed by atoms with E-state index in [2.05, 4.69) is 24.7 Å². The minimum Gasteiger partial charge on any atom is -0.406 e. The summed E-state index contributed by atoms with van der Waals surface area (Å²) in [5.74, 6) is -0.138. The van der Waals surface area contributed by atoms with Crippen molar-refractivity contribution < 1.29 is 22.7 Å². The molecule has 0 saturated heterocycles. The van der Waals surface area contributed by atoms with E-state index in [9.17, 15) is 18.0 Å². The molecule has 33 heavy (non-hydrogen) atoms. The number of anilines is 2. The monoisotopic (exact) mass is 470 g/mol. The maximum Gasteiger partial charge on any atom is 0.573 e. The Bertz CT molecular complexity index is 1280. The van der Waals surface area contributed by atoms with Gasteiger partial charge in [-0.1, -0.05) is 17.7 Å². The van der Waals surface area contributed by atoms with E-state index in [4.69, 9.17) is 0 Å². The number of ether oxygens (including phenoxy) is 1. The topological polar surface area (TPSA) is 76.1 Å². The number of nitrogens with one attached hydrogen (secondary N) is 2. The molecular weight excluding hydrogens is 453 g/mol. The third kappa shape index (κ3) is 5.92. The standard InChI is InChI=1S/C23H17F3N4O2S/c1-14-2-9-18(10-3-14)33-30-22(31)15-4-11-19-20(12-15)27-13-28-21(19)29-16-5-7-17(8-6-16)32-23(24,25)26/h2-13H,1H3,(H,30,31)(H,27,28,29). The third-order valence-electron chi connectivity index (χ3n) is 4.53. The summed E-state index contributed by atoms with van der Waals surface area (Å²) in [7, 11) is 0. The molecule has 1 aromatic heterocycles. The number of carbonyl (C=O) groups excluding carboxylic acids is 1. The largest absolute Gasteiger partial charge is 0.573 e. The van der Waals surface area contributed by atoms with Gasteiger partial charge in [0, 0.05) is 21.5 Å². The molecule has 1 heterocycles. The molecule has 0 bridgehead atoms. The highest BCUT2D eigenvalue weighted by Gasteiger charge is 2.30. The molecule has 0 unspecified atom stereocenters. The van der Waals surface area contributed by atoms with Crippen molar-refractivity contribution in [3.63, 3.8) is 0 Å². The van der Waals surface area contributed by atoms with Gasteiger partial charge in [-0.25, -0.2) is 9.97 Å². The molecule has 0 saturated carbocycles. The zero-order valence-corrected chi connectivity index (χ0v) is 18.0. The minimum atomic E-state index is -4.75. The summed E-state index contributed by atoms with van der Waals surface area (Å²) in [6.07, 6.45) is -3.41. The van der Waals surface area contributed by atoms with Gasteiger partial charge >= 0.3 is 6.36 Å². The van der Waals surface area contributed by atoms with Crippen molar-refractivity contribution in [3.05, 3.63) is 84.2 Å². The number of amides is 1. The molecule has 0 aliphatic carbocycles. The molecular formula is C23H17F3N4O2S. The normalized spacial score (nSPS) is 11.3. The number of halogens is 3. The van der Waals surface area contributed by atoms with Gasteiger partial charge in [-0.05, 0) is 73.5 Å². The first-order valence-corrected chi connectivity index (χ1v) is 10.5. The smallest absolute Gasteiger partial charge is 0.406 e. The lowest BCUT2D eigenvalue weighted by atomic mass is 10.1. The van der Waals surface area contributed by atoms with Gasteiger partial charge in [-0.15, -0.1) is 13.2 Å². The van der Waals surface area contributed by atoms with Crippen LogP contribution in [-0.4, -0.2) is 22.2 Å². The third-order valence-corrected chi connectivity index (χ3v) is 5.33. The molecule has 2 N–H and O–H groups in total. The quantitative estimate of drug-likeness (QED) is 0.336. The van der Waals surface area contributed by atoms with Crippen molar-refractivity contribution in [1.82, 2.24) is 14.7 Å². The van der Waals surface area contributed by atoms with E-state index in [1.165, 1.54) is 42.5 Å². The van der Waals surface area contributed by atoms with Crippen molar-refractivity contribution in [1.29, 1.82) is 0 Å². The molecule has 0 radical (unpaired) electrons. The lowest BCUT2D eigenvalue weighted by molar-refractivity contribution is -0.274. The van der Waals surface area contributed by atoms with Crippen LogP contribution in [0.4, 0.5) is 24.7 Å². The molecule has 4 rings (SSSR count). The predicted molar refractivity (Wildman–Crippen MR) is 120 cm³/mol. The molecule has 3 aromatic carbocycles. The van der Waals surface area contributed by atoms with Crippen molar-refractivity contribution in [2.24, 2.45) is 0 Å². The number of rotatable bonds is 6. The van der Waals surface area contributed by atoms with E-state index in [1.54, 1.807) is 18.2 Å². The molecule has 0 aliphatic rings. The highest BCUT2D eigenvalue weighted by Crippen LogP contribution is 2.27. The SMILES string of the molecule is Cc1ccc(SNC(=O)c2ccc3c(Nc4ccc(OC(F)(F)F)cc4)ncnc3c2)cc1. The van der Waals surface area contributed by atoms with Gasteiger partial charge in [0.1, 0.15) is 17.9 Å². The summed E-state index contributed by atoms with van der Waals surface area (Å²) in [6, 6.07) is 18.1. The number of benzene rings is 3. The predicted octanol–water partition coefficient (Wildman–Crippen LogP) is 6.02. The first kappa shape index (κ1) is 22.4. The van der Waals surface area contributed by atoms with Crippen LogP contribution in [0.1, 0.15) is 15.9 Å². The van der Waals surface area contributed by atoms with Crippen LogP contribution in [0.25, 0.3) is 10.9 Å². The van der Waals surface area contributed by atoms with E-state index in [0.717, 1.165) is 10.5 Å². The Morgan fingerprint density at radius 1 is 0.970 bits per heavy atom. The fourth-order valence-electron chi connectivity index (χ4n) is 2.95. The maximum absolute atomic E-state index is 12.6. The van der Waals surface area contributed by atoms with Gasteiger partial charge in [0.2, 0.25) is 0 Å². The Labute approximate surface area is 191 Å². The summed E-state index contributed by atoms with van der Waals surface area (Å²) in [5, 5.41) is 3.69. The van der Waals surface area contributed by atoms with E-state index in [1.807, 2.05) is 31.2 Å². The highest BCUT2D eigenvalue weighted by atomic mass is 32.2. The number of alkyl halides is 3. The molecule has 168 valence electrons. The fourth-order valence-corrected chi connectivity index (χ4v) is 3.55. The number of fused-ring (bicyclic) bond motifs is 1. The van der Waals surface area contributed by atoms with Crippen LogP contribution in [0.2, 0.25) is 0 Å². The van der Waals surface area contributed by atoms with Gasteiger partial charge in [0.05, 0.1) is 5.52 Å². The summed E-state index contributed by atoms with van der Waals surface area (Å²) in [4.78, 5) is 21.9. The average Bonchev–Trinajstić information content (AvgIpc) is 2.78. The van der Waals surface area contributed by atoms with E-state index < -0.39 is 6.36 Å². The van der Waals surface area contributed by atoms with Crippen LogP contribution in [-0.2, 0) is 0 Å². The lowest BCUT2D eigenvalue weighted by Gasteiger charge is -2.11. The zero-order valence-electron chi connectivity index (χ0n) is 17.2. The van der Waals surface area contributed by atoms with Gasteiger partial charge in [0.25, 0.3) is 5.91 Å². The summed E-state index contributed by atoms with van der Waals surface area (Å²) in [5.41, 5.74) is 2.62. The molecule has 0 fully saturated rings. The molecule has 4 aromatic rings. The second kappa shape index (κ2) is 9.37. The van der Waals surface area contributed by atoms with Crippen LogP contribution in [0.5, 0.6) is 5.75 Å². The van der Waals surface area contributed by atoms with Gasteiger partial charge in [-0.3, -0.25) is 9.52 Å². The molecule has 10 heteroatoms. The van der Waals surface area contributed by atoms with Crippen molar-refractivity contribution >= 4 is 40.3 Å². The molecule has 1 amide bonds. The first-order valence-electron chi connectivity index (χ1n) is 9.68. The minimum absolute atomic E-state index is 0.268. The van der Waals surface area contributed by atoms with Crippen LogP contribution in [0.3, 0.4) is 0 Å². The second-order valence-corrected chi connectivity index (χ2v) is 7.88. The van der Waals surface area contributed by atoms with E-state index in [-0.39, 0.29) is 11.7 Å². The maximum atomic E-state index is 12.6.